The summed E-state index contributed by atoms with van der Waals surface area (Å²) in [4.78, 5) is 0. The van der Waals surface area contributed by atoms with Gasteiger partial charge in [-0.2, -0.15) is 0 Å². The van der Waals surface area contributed by atoms with E-state index in [0.29, 0.717) is 0 Å². The summed E-state index contributed by atoms with van der Waals surface area (Å²) in [6.45, 7) is 9.38. The zero-order chi connectivity index (χ0) is 54.2. The fourth-order valence-corrected chi connectivity index (χ4v) is 16.1. The lowest BCUT2D eigenvalue weighted by atomic mass is 9.34. The fourth-order valence-electron chi connectivity index (χ4n) is 16.1. The molecular weight excluding hydrogens is 983 g/mol. The Hall–Kier alpha value is -9.75. The van der Waals surface area contributed by atoms with E-state index in [9.17, 15) is 0 Å². The number of aryl methyl sites for hydroxylation is 4. The van der Waals surface area contributed by atoms with Crippen LogP contribution in [0.2, 0.25) is 0 Å². The van der Waals surface area contributed by atoms with Gasteiger partial charge < -0.3 is 0 Å². The third-order valence-corrected chi connectivity index (χ3v) is 19.5. The standard InChI is InChI=1S/C80H52B2/c1-45-19-17-20-46(2)73(45)59-41-61-67-39-55(51-27-13-7-14-28-51)37-65-57-35-54(50-25-11-6-12-26-50)32-34-70(57)82(79(65)67)72-44-64-60(74-47(3)21-18-22-48(74)4)42-62-68-40-56(52-29-15-8-16-30-52)38-66-58-36-53(49-23-9-5-10-24-49)31-33-69(58)81(80(66)68)71-43-63(59)77(75(61)72)78(64)76(62)71/h5-44H,1-4H3. The molecule has 18 rings (SSSR count). The quantitative estimate of drug-likeness (QED) is 0.115. The molecule has 0 bridgehead atoms. The molecule has 0 N–H and O–H groups in total. The average Bonchev–Trinajstić information content (AvgIpc) is 1.33. The highest BCUT2D eigenvalue weighted by molar-refractivity contribution is 7.03. The van der Waals surface area contributed by atoms with Gasteiger partial charge in [0.25, 0.3) is 0 Å². The number of benzene rings is 14. The summed E-state index contributed by atoms with van der Waals surface area (Å²) in [6, 6.07) is 93.4. The maximum atomic E-state index is 2.70. The van der Waals surface area contributed by atoms with Crippen molar-refractivity contribution in [1.82, 2.24) is 0 Å². The summed E-state index contributed by atoms with van der Waals surface area (Å²) in [7, 11) is 0. The topological polar surface area (TPSA) is 0 Å². The highest BCUT2D eigenvalue weighted by atomic mass is 14.4. The molecule has 14 aromatic rings. The van der Waals surface area contributed by atoms with Gasteiger partial charge >= 0.3 is 0 Å². The molecule has 14 aromatic carbocycles. The van der Waals surface area contributed by atoms with Crippen LogP contribution in [0.1, 0.15) is 22.3 Å². The van der Waals surface area contributed by atoms with Gasteiger partial charge in [0, 0.05) is 0 Å². The van der Waals surface area contributed by atoms with Gasteiger partial charge in [0.15, 0.2) is 0 Å². The second-order valence-corrected chi connectivity index (χ2v) is 23.9. The van der Waals surface area contributed by atoms with E-state index in [0.717, 1.165) is 0 Å². The normalized spacial score (nSPS) is 12.8. The van der Waals surface area contributed by atoms with Crippen LogP contribution in [-0.4, -0.2) is 13.4 Å². The van der Waals surface area contributed by atoms with Crippen molar-refractivity contribution in [2.45, 2.75) is 27.7 Å². The van der Waals surface area contributed by atoms with Crippen molar-refractivity contribution in [3.8, 4) is 111 Å². The number of rotatable bonds is 6. The lowest BCUT2D eigenvalue weighted by Gasteiger charge is -2.33. The van der Waals surface area contributed by atoms with E-state index in [1.807, 2.05) is 0 Å². The summed E-state index contributed by atoms with van der Waals surface area (Å²) >= 11 is 0. The van der Waals surface area contributed by atoms with Crippen LogP contribution in [0.3, 0.4) is 0 Å². The van der Waals surface area contributed by atoms with E-state index in [1.54, 1.807) is 0 Å². The Morgan fingerprint density at radius 3 is 0.878 bits per heavy atom. The van der Waals surface area contributed by atoms with E-state index in [1.165, 1.54) is 199 Å². The van der Waals surface area contributed by atoms with Crippen molar-refractivity contribution in [3.05, 3.63) is 265 Å². The van der Waals surface area contributed by atoms with E-state index >= 15 is 0 Å². The molecule has 0 spiro atoms. The highest BCUT2D eigenvalue weighted by Crippen LogP contribution is 2.53. The Bertz CT molecular complexity index is 4750. The van der Waals surface area contributed by atoms with Crippen LogP contribution in [0.5, 0.6) is 0 Å². The predicted molar refractivity (Wildman–Crippen MR) is 353 cm³/mol. The molecule has 0 fully saturated rings. The molecule has 2 heteroatoms. The minimum atomic E-state index is 0.0369. The Morgan fingerprint density at radius 2 is 0.524 bits per heavy atom. The molecule has 0 nitrogen and oxygen atoms in total. The van der Waals surface area contributed by atoms with Gasteiger partial charge in [-0.1, -0.05) is 227 Å². The Kier molecular flexibility index (Phi) is 9.49. The first-order valence-electron chi connectivity index (χ1n) is 29.2. The first-order chi connectivity index (χ1) is 40.3. The third-order valence-electron chi connectivity index (χ3n) is 19.5. The monoisotopic (exact) mass is 1030 g/mol. The Labute approximate surface area is 479 Å². The van der Waals surface area contributed by atoms with E-state index < -0.39 is 0 Å². The number of fused-ring (bicyclic) bond motifs is 10. The Balaban J connectivity index is 1.04. The molecule has 0 amide bonds. The smallest absolute Gasteiger partial charge is 0.0657 e. The molecule has 0 saturated heterocycles. The number of hydrogen-bond donors (Lipinski definition) is 0. The maximum absolute atomic E-state index is 2.70. The first-order valence-corrected chi connectivity index (χ1v) is 29.2. The van der Waals surface area contributed by atoms with Crippen LogP contribution in [0, 0.1) is 27.7 Å². The molecule has 378 valence electrons. The molecule has 0 atom stereocenters. The number of hydrogen-bond acceptors (Lipinski definition) is 0. The van der Waals surface area contributed by atoms with Crippen molar-refractivity contribution >= 4 is 78.5 Å². The van der Waals surface area contributed by atoms with Gasteiger partial charge in [-0.25, -0.2) is 0 Å². The predicted octanol–water partition coefficient (Wildman–Crippen LogP) is 16.8. The van der Waals surface area contributed by atoms with Crippen LogP contribution in [0.15, 0.2) is 243 Å². The second kappa shape index (κ2) is 16.9. The highest BCUT2D eigenvalue weighted by Gasteiger charge is 2.45. The largest absolute Gasteiger partial charge is 0.244 e. The van der Waals surface area contributed by atoms with E-state index in [-0.39, 0.29) is 13.4 Å². The van der Waals surface area contributed by atoms with Gasteiger partial charge in [-0.05, 0) is 242 Å². The lowest BCUT2D eigenvalue weighted by Crippen LogP contribution is -2.53. The molecule has 0 aromatic heterocycles. The zero-order valence-corrected chi connectivity index (χ0v) is 46.2. The molecule has 4 aliphatic heterocycles. The first kappa shape index (κ1) is 46.0. The van der Waals surface area contributed by atoms with Crippen LogP contribution < -0.4 is 32.8 Å². The summed E-state index contributed by atoms with van der Waals surface area (Å²) in [5.41, 5.74) is 39.6. The fraction of sp³-hybridized carbons (Fsp3) is 0.0500. The van der Waals surface area contributed by atoms with Gasteiger partial charge in [-0.15, -0.1) is 0 Å². The van der Waals surface area contributed by atoms with Gasteiger partial charge in [0.2, 0.25) is 13.4 Å². The van der Waals surface area contributed by atoms with Gasteiger partial charge in [0.05, 0.1) is 0 Å². The molecule has 0 radical (unpaired) electrons. The molecule has 82 heavy (non-hydrogen) atoms. The molecule has 4 heterocycles. The molecule has 0 aliphatic carbocycles. The Morgan fingerprint density at radius 1 is 0.207 bits per heavy atom. The minimum absolute atomic E-state index is 0.0369. The maximum Gasteiger partial charge on any atom is 0.244 e. The van der Waals surface area contributed by atoms with Crippen LogP contribution in [-0.2, 0) is 0 Å². The molecular formula is C80H52B2. The van der Waals surface area contributed by atoms with Crippen LogP contribution >= 0.6 is 0 Å². The molecule has 4 aliphatic rings. The molecule has 0 saturated carbocycles. The van der Waals surface area contributed by atoms with Crippen molar-refractivity contribution in [1.29, 1.82) is 0 Å². The lowest BCUT2D eigenvalue weighted by molar-refractivity contribution is 1.38. The van der Waals surface area contributed by atoms with Gasteiger partial charge in [-0.3, -0.25) is 0 Å². The summed E-state index contributed by atoms with van der Waals surface area (Å²) in [5.74, 6) is 0. The average molecular weight is 1030 g/mol. The van der Waals surface area contributed by atoms with Crippen molar-refractivity contribution in [2.24, 2.45) is 0 Å². The SMILES string of the molecule is Cc1cccc(C)c1-c1cc2c3c(cc4c(-c5c(C)cccc5C)cc5c6c(cc1c3c46)B1c3ccc(-c4ccccc4)cc3-c3cc(-c4ccccc4)cc-5c31)B1c3ccc(-c4ccccc4)cc3-c3cc(-c4ccccc4)cc-2c31. The summed E-state index contributed by atoms with van der Waals surface area (Å²) < 4.78 is 0. The van der Waals surface area contributed by atoms with E-state index in [2.05, 4.69) is 270 Å². The van der Waals surface area contributed by atoms with E-state index in [4.69, 9.17) is 0 Å². The van der Waals surface area contributed by atoms with Crippen LogP contribution in [0.4, 0.5) is 0 Å². The van der Waals surface area contributed by atoms with Crippen molar-refractivity contribution in [3.63, 3.8) is 0 Å². The van der Waals surface area contributed by atoms with Gasteiger partial charge in [0.1, 0.15) is 0 Å². The second-order valence-electron chi connectivity index (χ2n) is 23.9. The third kappa shape index (κ3) is 6.25. The zero-order valence-electron chi connectivity index (χ0n) is 46.2. The summed E-state index contributed by atoms with van der Waals surface area (Å²) in [5, 5.41) is 8.26. The van der Waals surface area contributed by atoms with Crippen molar-refractivity contribution < 1.29 is 0 Å². The molecule has 0 unspecified atom stereocenters. The minimum Gasteiger partial charge on any atom is -0.0657 e. The summed E-state index contributed by atoms with van der Waals surface area (Å²) in [6.07, 6.45) is 0. The van der Waals surface area contributed by atoms with Crippen molar-refractivity contribution in [2.75, 3.05) is 0 Å². The van der Waals surface area contributed by atoms with Crippen LogP contribution in [0.25, 0.3) is 144 Å².